The predicted molar refractivity (Wildman–Crippen MR) is 63.7 cm³/mol. The summed E-state index contributed by atoms with van der Waals surface area (Å²) in [5, 5.41) is 9.55. The van der Waals surface area contributed by atoms with E-state index in [1.165, 1.54) is 0 Å². The van der Waals surface area contributed by atoms with E-state index in [1.54, 1.807) is 16.3 Å². The van der Waals surface area contributed by atoms with Crippen LogP contribution in [0.15, 0.2) is 16.0 Å². The first-order valence-corrected chi connectivity index (χ1v) is 6.29. The third-order valence-electron chi connectivity index (χ3n) is 2.05. The van der Waals surface area contributed by atoms with Crippen LogP contribution in [0.2, 0.25) is 0 Å². The van der Waals surface area contributed by atoms with Gasteiger partial charge in [-0.05, 0) is 41.3 Å². The second-order valence-electron chi connectivity index (χ2n) is 3.50. The van der Waals surface area contributed by atoms with Crippen LogP contribution in [-0.4, -0.2) is 25.2 Å². The van der Waals surface area contributed by atoms with Crippen LogP contribution in [0.4, 0.5) is 0 Å². The molecule has 0 unspecified atom stereocenters. The minimum absolute atomic E-state index is 0.122. The summed E-state index contributed by atoms with van der Waals surface area (Å²) in [6, 6.07) is 0.122. The summed E-state index contributed by atoms with van der Waals surface area (Å²) in [7, 11) is 0. The maximum Gasteiger partial charge on any atom is 0.233 e. The minimum Gasteiger partial charge on any atom is -0.285 e. The van der Waals surface area contributed by atoms with E-state index in [1.807, 2.05) is 13.8 Å². The maximum atomic E-state index is 12.1. The number of carbonyl (C=O) groups excluding carboxylic acids is 1. The quantitative estimate of drug-likeness (QED) is 0.816. The number of nitrogens with zero attached hydrogens (tertiary/aromatic N) is 4. The molecule has 7 heteroatoms. The third-order valence-corrected chi connectivity index (χ3v) is 3.13. The molecule has 0 aliphatic rings. The van der Waals surface area contributed by atoms with Crippen LogP contribution >= 0.6 is 27.5 Å². The first-order chi connectivity index (χ1) is 7.61. The van der Waals surface area contributed by atoms with Gasteiger partial charge in [-0.3, -0.25) is 9.48 Å². The molecule has 0 atom stereocenters. The first-order valence-electron chi connectivity index (χ1n) is 4.66. The molecule has 0 saturated heterocycles. The van der Waals surface area contributed by atoms with Gasteiger partial charge in [0.25, 0.3) is 0 Å². The normalized spacial score (nSPS) is 11.0. The fourth-order valence-corrected chi connectivity index (χ4v) is 2.22. The average molecular weight is 301 g/mol. The van der Waals surface area contributed by atoms with E-state index in [0.717, 1.165) is 11.5 Å². The van der Waals surface area contributed by atoms with E-state index < -0.39 is 0 Å². The fraction of sp³-hybridized carbons (Fsp3) is 0.333. The molecule has 0 saturated carbocycles. The lowest BCUT2D eigenvalue weighted by molar-refractivity contribution is 0.102. The fourth-order valence-electron chi connectivity index (χ4n) is 1.33. The van der Waals surface area contributed by atoms with Gasteiger partial charge in [0, 0.05) is 11.4 Å². The Labute approximate surface area is 105 Å². The molecule has 0 radical (unpaired) electrons. The van der Waals surface area contributed by atoms with Gasteiger partial charge < -0.3 is 0 Å². The van der Waals surface area contributed by atoms with Crippen LogP contribution in [0, 0.1) is 0 Å². The van der Waals surface area contributed by atoms with Crippen molar-refractivity contribution in [1.29, 1.82) is 0 Å². The topological polar surface area (TPSA) is 60.7 Å². The Kier molecular flexibility index (Phi) is 3.15. The van der Waals surface area contributed by atoms with E-state index in [4.69, 9.17) is 0 Å². The van der Waals surface area contributed by atoms with Crippen molar-refractivity contribution in [2.45, 2.75) is 19.9 Å². The minimum atomic E-state index is -0.160. The molecule has 2 aromatic heterocycles. The molecule has 0 amide bonds. The lowest BCUT2D eigenvalue weighted by Crippen LogP contribution is -2.14. The summed E-state index contributed by atoms with van der Waals surface area (Å²) in [6.07, 6.45) is 1.62. The molecular weight excluding hydrogens is 292 g/mol. The number of halogens is 1. The Morgan fingerprint density at radius 1 is 1.56 bits per heavy atom. The summed E-state index contributed by atoms with van der Waals surface area (Å²) >= 11 is 4.48. The van der Waals surface area contributed by atoms with Crippen molar-refractivity contribution >= 4 is 33.2 Å². The van der Waals surface area contributed by atoms with Crippen LogP contribution in [0.5, 0.6) is 0 Å². The van der Waals surface area contributed by atoms with Gasteiger partial charge in [-0.25, -0.2) is 0 Å². The van der Waals surface area contributed by atoms with E-state index in [9.17, 15) is 4.79 Å². The molecule has 0 aromatic carbocycles. The zero-order valence-corrected chi connectivity index (χ0v) is 11.1. The van der Waals surface area contributed by atoms with E-state index in [2.05, 4.69) is 30.6 Å². The summed E-state index contributed by atoms with van der Waals surface area (Å²) < 4.78 is 6.04. The molecule has 84 valence electrons. The van der Waals surface area contributed by atoms with Crippen LogP contribution in [0.3, 0.4) is 0 Å². The lowest BCUT2D eigenvalue weighted by atomic mass is 10.2. The number of rotatable bonds is 3. The standard InChI is InChI=1S/C9H9BrN4OS/c1-5(2)14-8(6(10)3-11-14)9(15)7-4-16-13-12-7/h3-5H,1-2H3. The molecule has 0 fully saturated rings. The molecule has 0 aliphatic carbocycles. The average Bonchev–Trinajstić information content (AvgIpc) is 2.84. The molecule has 2 heterocycles. The number of hydrogen-bond acceptors (Lipinski definition) is 5. The molecule has 2 rings (SSSR count). The Morgan fingerprint density at radius 3 is 2.88 bits per heavy atom. The third kappa shape index (κ3) is 1.92. The Balaban J connectivity index is 2.48. The molecular formula is C9H9BrN4OS. The molecule has 0 bridgehead atoms. The van der Waals surface area contributed by atoms with Gasteiger partial charge in [0.1, 0.15) is 11.4 Å². The Bertz CT molecular complexity index is 506. The van der Waals surface area contributed by atoms with Crippen molar-refractivity contribution < 1.29 is 4.79 Å². The van der Waals surface area contributed by atoms with Crippen LogP contribution in [0.25, 0.3) is 0 Å². The molecule has 0 aliphatic heterocycles. The van der Waals surface area contributed by atoms with Crippen LogP contribution in [0.1, 0.15) is 36.1 Å². The van der Waals surface area contributed by atoms with Crippen molar-refractivity contribution in [3.05, 3.63) is 27.4 Å². The van der Waals surface area contributed by atoms with Crippen molar-refractivity contribution in [2.75, 3.05) is 0 Å². The van der Waals surface area contributed by atoms with Crippen molar-refractivity contribution in [3.8, 4) is 0 Å². The number of aromatic nitrogens is 4. The van der Waals surface area contributed by atoms with Crippen molar-refractivity contribution in [2.24, 2.45) is 0 Å². The van der Waals surface area contributed by atoms with Crippen LogP contribution in [-0.2, 0) is 0 Å². The van der Waals surface area contributed by atoms with Crippen LogP contribution < -0.4 is 0 Å². The summed E-state index contributed by atoms with van der Waals surface area (Å²) in [6.45, 7) is 3.94. The molecule has 0 spiro atoms. The van der Waals surface area contributed by atoms with Gasteiger partial charge in [-0.2, -0.15) is 5.10 Å². The second kappa shape index (κ2) is 4.42. The second-order valence-corrected chi connectivity index (χ2v) is 4.96. The largest absolute Gasteiger partial charge is 0.285 e. The predicted octanol–water partition coefficient (Wildman–Crippen LogP) is 2.31. The van der Waals surface area contributed by atoms with Gasteiger partial charge in [0.15, 0.2) is 0 Å². The smallest absolute Gasteiger partial charge is 0.233 e. The number of carbonyl (C=O) groups is 1. The zero-order valence-electron chi connectivity index (χ0n) is 8.72. The highest BCUT2D eigenvalue weighted by Gasteiger charge is 2.21. The number of ketones is 1. The SMILES string of the molecule is CC(C)n1ncc(Br)c1C(=O)c1csnn1. The van der Waals surface area contributed by atoms with Gasteiger partial charge in [0.05, 0.1) is 10.7 Å². The first kappa shape index (κ1) is 11.4. The highest BCUT2D eigenvalue weighted by atomic mass is 79.9. The Hall–Kier alpha value is -1.08. The highest BCUT2D eigenvalue weighted by molar-refractivity contribution is 9.10. The van der Waals surface area contributed by atoms with Gasteiger partial charge in [-0.15, -0.1) is 5.10 Å². The zero-order chi connectivity index (χ0) is 11.7. The van der Waals surface area contributed by atoms with E-state index in [0.29, 0.717) is 15.9 Å². The summed E-state index contributed by atoms with van der Waals surface area (Å²) in [4.78, 5) is 12.1. The molecule has 2 aromatic rings. The molecule has 16 heavy (non-hydrogen) atoms. The van der Waals surface area contributed by atoms with Gasteiger partial charge >= 0.3 is 0 Å². The summed E-state index contributed by atoms with van der Waals surface area (Å²) in [5.74, 6) is -0.160. The van der Waals surface area contributed by atoms with E-state index >= 15 is 0 Å². The lowest BCUT2D eigenvalue weighted by Gasteiger charge is -2.09. The number of hydrogen-bond donors (Lipinski definition) is 0. The van der Waals surface area contributed by atoms with Gasteiger partial charge in [-0.1, -0.05) is 4.49 Å². The monoisotopic (exact) mass is 300 g/mol. The van der Waals surface area contributed by atoms with Gasteiger partial charge in [0.2, 0.25) is 5.78 Å². The highest BCUT2D eigenvalue weighted by Crippen LogP contribution is 2.22. The maximum absolute atomic E-state index is 12.1. The van der Waals surface area contributed by atoms with Crippen molar-refractivity contribution in [1.82, 2.24) is 19.4 Å². The Morgan fingerprint density at radius 2 is 2.31 bits per heavy atom. The molecule has 5 nitrogen and oxygen atoms in total. The summed E-state index contributed by atoms with van der Waals surface area (Å²) in [5.41, 5.74) is 0.871. The van der Waals surface area contributed by atoms with Crippen molar-refractivity contribution in [3.63, 3.8) is 0 Å². The van der Waals surface area contributed by atoms with E-state index in [-0.39, 0.29) is 11.8 Å². The molecule has 0 N–H and O–H groups in total.